The molecule has 0 radical (unpaired) electrons. The average molecular weight is 217 g/mol. The highest BCUT2D eigenvalue weighted by Gasteiger charge is 2.20. The summed E-state index contributed by atoms with van der Waals surface area (Å²) >= 11 is 6.77. The zero-order chi connectivity index (χ0) is 9.42. The van der Waals surface area contributed by atoms with Crippen molar-refractivity contribution >= 4 is 28.2 Å². The standard InChI is InChI=1S/C8H9ClN2OS/c1-11-3-2-5-6(4-11)13-8(10-5)7(9)12/h2-4H2,1H3. The molecule has 0 unspecified atom stereocenters. The summed E-state index contributed by atoms with van der Waals surface area (Å²) in [5.74, 6) is 0. The molecule has 0 spiro atoms. The molecule has 0 fully saturated rings. The van der Waals surface area contributed by atoms with Crippen LogP contribution in [0.5, 0.6) is 0 Å². The molecule has 0 amide bonds. The molecule has 1 aromatic heterocycles. The van der Waals surface area contributed by atoms with Gasteiger partial charge in [0.25, 0.3) is 5.24 Å². The predicted octanol–water partition coefficient (Wildman–Crippen LogP) is 1.51. The van der Waals surface area contributed by atoms with E-state index < -0.39 is 5.24 Å². The van der Waals surface area contributed by atoms with Gasteiger partial charge in [-0.2, -0.15) is 0 Å². The first-order valence-corrected chi connectivity index (χ1v) is 5.23. The Labute approximate surface area is 85.3 Å². The molecule has 2 heterocycles. The fourth-order valence-corrected chi connectivity index (χ4v) is 2.59. The lowest BCUT2D eigenvalue weighted by atomic mass is 10.2. The van der Waals surface area contributed by atoms with Gasteiger partial charge < -0.3 is 4.90 Å². The molecule has 70 valence electrons. The largest absolute Gasteiger partial charge is 0.301 e. The van der Waals surface area contributed by atoms with Crippen molar-refractivity contribution in [3.8, 4) is 0 Å². The van der Waals surface area contributed by atoms with E-state index in [1.54, 1.807) is 0 Å². The van der Waals surface area contributed by atoms with Crippen LogP contribution < -0.4 is 0 Å². The summed E-state index contributed by atoms with van der Waals surface area (Å²) in [7, 11) is 2.06. The number of hydrogen-bond acceptors (Lipinski definition) is 4. The second-order valence-corrected chi connectivity index (χ2v) is 4.58. The second-order valence-electron chi connectivity index (χ2n) is 3.15. The third-order valence-electron chi connectivity index (χ3n) is 2.09. The van der Waals surface area contributed by atoms with Gasteiger partial charge in [0.2, 0.25) is 0 Å². The summed E-state index contributed by atoms with van der Waals surface area (Å²) in [4.78, 5) is 18.4. The van der Waals surface area contributed by atoms with Crippen LogP contribution in [-0.2, 0) is 13.0 Å². The van der Waals surface area contributed by atoms with Crippen molar-refractivity contribution in [3.63, 3.8) is 0 Å². The molecule has 0 bridgehead atoms. The Bertz CT molecular complexity index is 350. The number of rotatable bonds is 1. The maximum Gasteiger partial charge on any atom is 0.281 e. The Balaban J connectivity index is 2.33. The van der Waals surface area contributed by atoms with Crippen molar-refractivity contribution in [3.05, 3.63) is 15.6 Å². The number of aromatic nitrogens is 1. The van der Waals surface area contributed by atoms with Crippen molar-refractivity contribution in [2.24, 2.45) is 0 Å². The summed E-state index contributed by atoms with van der Waals surface area (Å²) < 4.78 is 0. The highest BCUT2D eigenvalue weighted by atomic mass is 35.5. The molecule has 2 rings (SSSR count). The van der Waals surface area contributed by atoms with Gasteiger partial charge in [-0.1, -0.05) is 0 Å². The number of hydrogen-bond donors (Lipinski definition) is 0. The number of nitrogens with zero attached hydrogens (tertiary/aromatic N) is 2. The predicted molar refractivity (Wildman–Crippen MR) is 52.3 cm³/mol. The number of halogens is 1. The molecular weight excluding hydrogens is 208 g/mol. The van der Waals surface area contributed by atoms with E-state index in [9.17, 15) is 4.79 Å². The molecule has 13 heavy (non-hydrogen) atoms. The first-order chi connectivity index (χ1) is 6.16. The molecule has 0 atom stereocenters. The number of carbonyl (C=O) groups excluding carboxylic acids is 1. The molecule has 5 heteroatoms. The lowest BCUT2D eigenvalue weighted by Crippen LogP contribution is -2.25. The van der Waals surface area contributed by atoms with Gasteiger partial charge in [0.15, 0.2) is 5.01 Å². The van der Waals surface area contributed by atoms with Crippen molar-refractivity contribution in [1.82, 2.24) is 9.88 Å². The van der Waals surface area contributed by atoms with E-state index in [2.05, 4.69) is 16.9 Å². The molecular formula is C8H9ClN2OS. The molecule has 0 aromatic carbocycles. The maximum absolute atomic E-state index is 10.8. The second kappa shape index (κ2) is 3.36. The van der Waals surface area contributed by atoms with Crippen molar-refractivity contribution in [2.45, 2.75) is 13.0 Å². The Morgan fingerprint density at radius 3 is 3.15 bits per heavy atom. The normalized spacial score (nSPS) is 17.1. The zero-order valence-corrected chi connectivity index (χ0v) is 8.78. The minimum Gasteiger partial charge on any atom is -0.301 e. The van der Waals surface area contributed by atoms with Crippen LogP contribution >= 0.6 is 22.9 Å². The molecule has 1 aliphatic heterocycles. The van der Waals surface area contributed by atoms with Gasteiger partial charge in [-0.05, 0) is 18.6 Å². The van der Waals surface area contributed by atoms with E-state index in [4.69, 9.17) is 11.6 Å². The summed E-state index contributed by atoms with van der Waals surface area (Å²) in [5.41, 5.74) is 1.05. The van der Waals surface area contributed by atoms with Crippen LogP contribution in [0, 0.1) is 0 Å². The summed E-state index contributed by atoms with van der Waals surface area (Å²) in [6.07, 6.45) is 0.923. The van der Waals surface area contributed by atoms with E-state index in [1.807, 2.05) is 0 Å². The van der Waals surface area contributed by atoms with Gasteiger partial charge in [0, 0.05) is 24.4 Å². The topological polar surface area (TPSA) is 33.2 Å². The fraction of sp³-hybridized carbons (Fsp3) is 0.500. The Morgan fingerprint density at radius 2 is 2.46 bits per heavy atom. The molecule has 1 aliphatic rings. The van der Waals surface area contributed by atoms with Gasteiger partial charge in [-0.15, -0.1) is 11.3 Å². The van der Waals surface area contributed by atoms with Gasteiger partial charge >= 0.3 is 0 Å². The Kier molecular flexibility index (Phi) is 2.36. The van der Waals surface area contributed by atoms with Gasteiger partial charge in [0.05, 0.1) is 5.69 Å². The van der Waals surface area contributed by atoms with E-state index in [-0.39, 0.29) is 0 Å². The van der Waals surface area contributed by atoms with E-state index >= 15 is 0 Å². The Hall–Kier alpha value is -0.450. The summed E-state index contributed by atoms with van der Waals surface area (Å²) in [5, 5.41) is -0.0102. The van der Waals surface area contributed by atoms with Crippen LogP contribution in [0.1, 0.15) is 20.4 Å². The number of carbonyl (C=O) groups is 1. The first-order valence-electron chi connectivity index (χ1n) is 4.04. The number of fused-ring (bicyclic) bond motifs is 1. The van der Waals surface area contributed by atoms with Crippen LogP contribution in [0.15, 0.2) is 0 Å². The molecule has 0 saturated carbocycles. The highest BCUT2D eigenvalue weighted by Crippen LogP contribution is 2.25. The molecule has 1 aromatic rings. The molecule has 3 nitrogen and oxygen atoms in total. The smallest absolute Gasteiger partial charge is 0.281 e. The average Bonchev–Trinajstić information content (AvgIpc) is 2.46. The van der Waals surface area contributed by atoms with Crippen LogP contribution in [0.4, 0.5) is 0 Å². The number of likely N-dealkylation sites (N-methyl/N-ethyl adjacent to an activating group) is 1. The fourth-order valence-electron chi connectivity index (χ4n) is 1.41. The van der Waals surface area contributed by atoms with Crippen LogP contribution in [-0.4, -0.2) is 28.7 Å². The summed E-state index contributed by atoms with van der Waals surface area (Å²) in [6, 6.07) is 0. The minimum atomic E-state index is -0.443. The SMILES string of the molecule is CN1CCc2nc(C(=O)Cl)sc2C1. The number of thiazole rings is 1. The quantitative estimate of drug-likeness (QED) is 0.668. The third-order valence-corrected chi connectivity index (χ3v) is 3.46. The van der Waals surface area contributed by atoms with Gasteiger partial charge in [0.1, 0.15) is 0 Å². The van der Waals surface area contributed by atoms with E-state index in [1.165, 1.54) is 16.2 Å². The molecule has 0 aliphatic carbocycles. The zero-order valence-electron chi connectivity index (χ0n) is 7.21. The van der Waals surface area contributed by atoms with Crippen molar-refractivity contribution in [1.29, 1.82) is 0 Å². The summed E-state index contributed by atoms with van der Waals surface area (Å²) in [6.45, 7) is 1.89. The first kappa shape index (κ1) is 9.12. The van der Waals surface area contributed by atoms with Crippen LogP contribution in [0.2, 0.25) is 0 Å². The van der Waals surface area contributed by atoms with Crippen LogP contribution in [0.25, 0.3) is 0 Å². The lowest BCUT2D eigenvalue weighted by Gasteiger charge is -2.20. The Morgan fingerprint density at radius 1 is 1.69 bits per heavy atom. The van der Waals surface area contributed by atoms with Gasteiger partial charge in [-0.25, -0.2) is 4.98 Å². The molecule has 0 N–H and O–H groups in total. The van der Waals surface area contributed by atoms with E-state index in [0.29, 0.717) is 5.01 Å². The van der Waals surface area contributed by atoms with Crippen LogP contribution in [0.3, 0.4) is 0 Å². The van der Waals surface area contributed by atoms with Crippen molar-refractivity contribution < 1.29 is 4.79 Å². The van der Waals surface area contributed by atoms with Crippen molar-refractivity contribution in [2.75, 3.05) is 13.6 Å². The maximum atomic E-state index is 10.8. The monoisotopic (exact) mass is 216 g/mol. The van der Waals surface area contributed by atoms with Gasteiger partial charge in [-0.3, -0.25) is 4.79 Å². The van der Waals surface area contributed by atoms with E-state index in [0.717, 1.165) is 25.2 Å². The molecule has 0 saturated heterocycles. The lowest BCUT2D eigenvalue weighted by molar-refractivity contribution is 0.108. The third kappa shape index (κ3) is 1.75. The highest BCUT2D eigenvalue weighted by molar-refractivity contribution is 7.15. The minimum absolute atomic E-state index is 0.432.